The third-order valence-electron chi connectivity index (χ3n) is 3.57. The number of carboxylic acids is 1. The molecular weight excluding hydrogens is 316 g/mol. The molecule has 21 heavy (non-hydrogen) atoms. The summed E-state index contributed by atoms with van der Waals surface area (Å²) >= 11 is 1.07. The molecule has 1 aliphatic heterocycles. The van der Waals surface area contributed by atoms with Crippen LogP contribution in [0.2, 0.25) is 0 Å². The molecule has 1 aliphatic rings. The van der Waals surface area contributed by atoms with Crippen molar-refractivity contribution in [1.29, 1.82) is 0 Å². The number of carboxylic acid groups (broad SMARTS) is 1. The van der Waals surface area contributed by atoms with Gasteiger partial charge in [0, 0.05) is 12.6 Å². The number of rotatable bonds is 5. The van der Waals surface area contributed by atoms with Crippen LogP contribution in [0.3, 0.4) is 0 Å². The lowest BCUT2D eigenvalue weighted by atomic mass is 10.0. The number of nitrogens with one attached hydrogen (secondary N) is 1. The van der Waals surface area contributed by atoms with Crippen molar-refractivity contribution in [2.75, 3.05) is 13.1 Å². The molecule has 1 amide bonds. The Morgan fingerprint density at radius 2 is 2.24 bits per heavy atom. The highest BCUT2D eigenvalue weighted by molar-refractivity contribution is 7.91. The predicted octanol–water partition coefficient (Wildman–Crippen LogP) is 0.348. The van der Waals surface area contributed by atoms with E-state index in [0.29, 0.717) is 13.0 Å². The molecular formula is C12H16N2O5S2. The van der Waals surface area contributed by atoms with Crippen LogP contribution in [0.1, 0.15) is 13.3 Å². The first kappa shape index (κ1) is 15.9. The number of sulfonamides is 1. The van der Waals surface area contributed by atoms with E-state index in [9.17, 15) is 18.0 Å². The first-order valence-electron chi connectivity index (χ1n) is 6.38. The highest BCUT2D eigenvalue weighted by atomic mass is 32.2. The van der Waals surface area contributed by atoms with Crippen molar-refractivity contribution in [1.82, 2.24) is 9.62 Å². The number of amides is 1. The third-order valence-corrected chi connectivity index (χ3v) is 6.36. The van der Waals surface area contributed by atoms with Gasteiger partial charge in [0.05, 0.1) is 12.5 Å². The van der Waals surface area contributed by atoms with Crippen molar-refractivity contribution in [3.8, 4) is 0 Å². The summed E-state index contributed by atoms with van der Waals surface area (Å²) in [7, 11) is -3.68. The Bertz CT molecular complexity index is 626. The van der Waals surface area contributed by atoms with Gasteiger partial charge in [-0.3, -0.25) is 9.59 Å². The summed E-state index contributed by atoms with van der Waals surface area (Å²) in [4.78, 5) is 24.5. The Kier molecular flexibility index (Phi) is 4.64. The van der Waals surface area contributed by atoms with Crippen molar-refractivity contribution in [3.05, 3.63) is 17.5 Å². The quantitative estimate of drug-likeness (QED) is 0.809. The molecule has 2 rings (SSSR count). The van der Waals surface area contributed by atoms with E-state index in [1.165, 1.54) is 11.0 Å². The zero-order chi connectivity index (χ0) is 15.6. The summed E-state index contributed by atoms with van der Waals surface area (Å²) in [5, 5.41) is 10.7. The molecule has 2 unspecified atom stereocenters. The Labute approximate surface area is 126 Å². The molecule has 9 heteroatoms. The fraction of sp³-hybridized carbons (Fsp3) is 0.500. The van der Waals surface area contributed by atoms with Crippen LogP contribution in [0.5, 0.6) is 0 Å². The fourth-order valence-corrected chi connectivity index (χ4v) is 4.38. The first-order valence-corrected chi connectivity index (χ1v) is 8.74. The van der Waals surface area contributed by atoms with Gasteiger partial charge in [0.1, 0.15) is 4.21 Å². The van der Waals surface area contributed by atoms with Gasteiger partial charge in [0.25, 0.3) is 10.0 Å². The number of likely N-dealkylation sites (tertiary alicyclic amines) is 1. The normalized spacial score (nSPS) is 22.4. The van der Waals surface area contributed by atoms with Gasteiger partial charge in [-0.2, -0.15) is 0 Å². The summed E-state index contributed by atoms with van der Waals surface area (Å²) in [5.74, 6) is -1.94. The van der Waals surface area contributed by atoms with Crippen LogP contribution in [-0.2, 0) is 19.6 Å². The third kappa shape index (κ3) is 3.42. The summed E-state index contributed by atoms with van der Waals surface area (Å²) in [6.45, 7) is 1.63. The SMILES string of the molecule is CC1C(C(=O)O)CCN1C(=O)CNS(=O)(=O)c1cccs1. The van der Waals surface area contributed by atoms with E-state index in [-0.39, 0.29) is 10.8 Å². The molecule has 1 saturated heterocycles. The van der Waals surface area contributed by atoms with Crippen LogP contribution in [0, 0.1) is 5.92 Å². The first-order chi connectivity index (χ1) is 9.83. The number of hydrogen-bond donors (Lipinski definition) is 2. The molecule has 1 aromatic rings. The van der Waals surface area contributed by atoms with Crippen molar-refractivity contribution >= 4 is 33.2 Å². The highest BCUT2D eigenvalue weighted by Crippen LogP contribution is 2.24. The maximum Gasteiger partial charge on any atom is 0.308 e. The molecule has 7 nitrogen and oxygen atoms in total. The summed E-state index contributed by atoms with van der Waals surface area (Å²) in [6.07, 6.45) is 0.389. The molecule has 2 N–H and O–H groups in total. The minimum atomic E-state index is -3.68. The summed E-state index contributed by atoms with van der Waals surface area (Å²) in [5.41, 5.74) is 0. The van der Waals surface area contributed by atoms with Crippen molar-refractivity contribution < 1.29 is 23.1 Å². The van der Waals surface area contributed by atoms with Gasteiger partial charge in [-0.05, 0) is 24.8 Å². The highest BCUT2D eigenvalue weighted by Gasteiger charge is 2.38. The number of thiophene rings is 1. The molecule has 2 atom stereocenters. The second kappa shape index (κ2) is 6.12. The van der Waals surface area contributed by atoms with Crippen LogP contribution in [0.4, 0.5) is 0 Å². The minimum absolute atomic E-state index is 0.146. The van der Waals surface area contributed by atoms with Gasteiger partial charge in [-0.1, -0.05) is 6.07 Å². The molecule has 2 heterocycles. The topological polar surface area (TPSA) is 104 Å². The Morgan fingerprint density at radius 3 is 2.76 bits per heavy atom. The number of carbonyl (C=O) groups excluding carboxylic acids is 1. The fourth-order valence-electron chi connectivity index (χ4n) is 2.37. The summed E-state index contributed by atoms with van der Waals surface area (Å²) in [6, 6.07) is 2.64. The van der Waals surface area contributed by atoms with E-state index in [1.54, 1.807) is 18.4 Å². The lowest BCUT2D eigenvalue weighted by molar-refractivity contribution is -0.142. The van der Waals surface area contributed by atoms with Crippen molar-refractivity contribution in [3.63, 3.8) is 0 Å². The maximum atomic E-state index is 12.0. The Morgan fingerprint density at radius 1 is 1.52 bits per heavy atom. The van der Waals surface area contributed by atoms with Crippen LogP contribution < -0.4 is 4.72 Å². The molecule has 116 valence electrons. The molecule has 0 aliphatic carbocycles. The van der Waals surface area contributed by atoms with Gasteiger partial charge in [-0.25, -0.2) is 13.1 Å². The molecule has 0 spiro atoms. The summed E-state index contributed by atoms with van der Waals surface area (Å²) < 4.78 is 26.2. The van der Waals surface area contributed by atoms with Crippen LogP contribution in [-0.4, -0.2) is 49.4 Å². The molecule has 1 fully saturated rings. The lowest BCUT2D eigenvalue weighted by Gasteiger charge is -2.23. The number of nitrogens with zero attached hydrogens (tertiary/aromatic N) is 1. The van der Waals surface area contributed by atoms with E-state index in [4.69, 9.17) is 5.11 Å². The van der Waals surface area contributed by atoms with Gasteiger partial charge < -0.3 is 10.0 Å². The van der Waals surface area contributed by atoms with Crippen molar-refractivity contribution in [2.24, 2.45) is 5.92 Å². The maximum absolute atomic E-state index is 12.0. The van der Waals surface area contributed by atoms with Gasteiger partial charge in [0.15, 0.2) is 0 Å². The van der Waals surface area contributed by atoms with Crippen LogP contribution >= 0.6 is 11.3 Å². The van der Waals surface area contributed by atoms with E-state index < -0.39 is 33.9 Å². The number of hydrogen-bond acceptors (Lipinski definition) is 5. The number of aliphatic carboxylic acids is 1. The largest absolute Gasteiger partial charge is 0.481 e. The van der Waals surface area contributed by atoms with Crippen molar-refractivity contribution in [2.45, 2.75) is 23.6 Å². The molecule has 0 bridgehead atoms. The minimum Gasteiger partial charge on any atom is -0.481 e. The average Bonchev–Trinajstić information content (AvgIpc) is 3.05. The van der Waals surface area contributed by atoms with Gasteiger partial charge in [0.2, 0.25) is 5.91 Å². The monoisotopic (exact) mass is 332 g/mol. The van der Waals surface area contributed by atoms with E-state index in [0.717, 1.165) is 11.3 Å². The standard InChI is InChI=1S/C12H16N2O5S2/c1-8-9(12(16)17)4-5-14(8)10(15)7-13-21(18,19)11-3-2-6-20-11/h2-3,6,8-9,13H,4-5,7H2,1H3,(H,16,17). The Balaban J connectivity index is 1.96. The zero-order valence-corrected chi connectivity index (χ0v) is 13.0. The molecule has 0 radical (unpaired) electrons. The number of carbonyl (C=O) groups is 2. The second-order valence-electron chi connectivity index (χ2n) is 4.82. The lowest BCUT2D eigenvalue weighted by Crippen LogP contribution is -2.43. The van der Waals surface area contributed by atoms with E-state index in [2.05, 4.69) is 4.72 Å². The molecule has 1 aromatic heterocycles. The van der Waals surface area contributed by atoms with Crippen LogP contribution in [0.15, 0.2) is 21.7 Å². The second-order valence-corrected chi connectivity index (χ2v) is 7.76. The van der Waals surface area contributed by atoms with Gasteiger partial charge >= 0.3 is 5.97 Å². The molecule has 0 saturated carbocycles. The van der Waals surface area contributed by atoms with E-state index >= 15 is 0 Å². The van der Waals surface area contributed by atoms with Crippen LogP contribution in [0.25, 0.3) is 0 Å². The zero-order valence-electron chi connectivity index (χ0n) is 11.4. The smallest absolute Gasteiger partial charge is 0.308 e. The average molecular weight is 332 g/mol. The Hall–Kier alpha value is -1.45. The van der Waals surface area contributed by atoms with E-state index in [1.807, 2.05) is 0 Å². The molecule has 0 aromatic carbocycles. The van der Waals surface area contributed by atoms with Gasteiger partial charge in [-0.15, -0.1) is 11.3 Å². The predicted molar refractivity (Wildman–Crippen MR) is 76.4 cm³/mol.